The van der Waals surface area contributed by atoms with Gasteiger partial charge in [-0.15, -0.1) is 0 Å². The van der Waals surface area contributed by atoms with Gasteiger partial charge >= 0.3 is 0 Å². The summed E-state index contributed by atoms with van der Waals surface area (Å²) in [4.78, 5) is 11.1. The molecule has 0 unspecified atom stereocenters. The van der Waals surface area contributed by atoms with Gasteiger partial charge in [0, 0.05) is 0 Å². The minimum atomic E-state index is -0.771. The Kier molecular flexibility index (Phi) is 5.26. The quantitative estimate of drug-likeness (QED) is 0.535. The van der Waals surface area contributed by atoms with Gasteiger partial charge in [0.1, 0.15) is 11.6 Å². The highest BCUT2D eigenvalue weighted by molar-refractivity contribution is 5.94. The van der Waals surface area contributed by atoms with Crippen LogP contribution >= 0.6 is 0 Å². The molecule has 0 spiro atoms. The number of aryl methyl sites for hydroxylation is 1. The van der Waals surface area contributed by atoms with E-state index in [4.69, 9.17) is 0 Å². The average Bonchev–Trinajstić information content (AvgIpc) is 2.26. The lowest BCUT2D eigenvalue weighted by Gasteiger charge is -2.07. The largest absolute Gasteiger partial charge is 0.294 e. The van der Waals surface area contributed by atoms with E-state index in [1.807, 2.05) is 0 Å². The van der Waals surface area contributed by atoms with Crippen LogP contribution in [0.3, 0.4) is 0 Å². The summed E-state index contributed by atoms with van der Waals surface area (Å²) in [5.41, 5.74) is 0.0331. The molecule has 0 saturated carbocycles. The fraction of sp³-hybridized carbons (Fsp3) is 0.500. The number of ketones is 1. The van der Waals surface area contributed by atoms with Gasteiger partial charge < -0.3 is 0 Å². The van der Waals surface area contributed by atoms with Crippen LogP contribution in [0.4, 0.5) is 8.78 Å². The number of Topliss-reactive ketones (excluding diaryl/α,β-unsaturated/α-hetero) is 1. The molecule has 0 N–H and O–H groups in total. The molecule has 0 saturated heterocycles. The topological polar surface area (TPSA) is 17.1 Å². The third kappa shape index (κ3) is 3.62. The van der Waals surface area contributed by atoms with Gasteiger partial charge in [-0.05, 0) is 31.4 Å². The van der Waals surface area contributed by atoms with Gasteiger partial charge in [0.05, 0.1) is 5.56 Å². The standard InChI is InChI=1S/C14H18F2O/c1-3-4-5-6-7-11-8-9-12(15)13(10(2)17)14(11)16/h8-9H,3-7H2,1-2H3. The molecule has 0 bridgehead atoms. The first kappa shape index (κ1) is 13.8. The molecule has 0 radical (unpaired) electrons. The molecule has 0 amide bonds. The smallest absolute Gasteiger partial charge is 0.165 e. The molecule has 0 aromatic heterocycles. The number of benzene rings is 1. The molecule has 0 fully saturated rings. The van der Waals surface area contributed by atoms with Gasteiger partial charge in [-0.1, -0.05) is 32.3 Å². The molecular formula is C14H18F2O. The first-order chi connectivity index (χ1) is 8.07. The lowest BCUT2D eigenvalue weighted by atomic mass is 10.0. The molecule has 1 aromatic rings. The van der Waals surface area contributed by atoms with Crippen LogP contribution in [0.5, 0.6) is 0 Å². The summed E-state index contributed by atoms with van der Waals surface area (Å²) in [6.07, 6.45) is 4.69. The van der Waals surface area contributed by atoms with Crippen LogP contribution in [0.1, 0.15) is 55.5 Å². The van der Waals surface area contributed by atoms with E-state index >= 15 is 0 Å². The number of hydrogen-bond donors (Lipinski definition) is 0. The van der Waals surface area contributed by atoms with Crippen molar-refractivity contribution >= 4 is 5.78 Å². The molecular weight excluding hydrogens is 222 g/mol. The summed E-state index contributed by atoms with van der Waals surface area (Å²) in [7, 11) is 0. The second kappa shape index (κ2) is 6.48. The van der Waals surface area contributed by atoms with Crippen molar-refractivity contribution in [3.63, 3.8) is 0 Å². The van der Waals surface area contributed by atoms with Crippen molar-refractivity contribution in [2.45, 2.75) is 46.0 Å². The Hall–Kier alpha value is -1.25. The molecule has 0 aliphatic heterocycles. The van der Waals surface area contributed by atoms with E-state index in [0.717, 1.165) is 25.7 Å². The monoisotopic (exact) mass is 240 g/mol. The summed E-state index contributed by atoms with van der Waals surface area (Å²) in [5.74, 6) is -2.02. The molecule has 1 nitrogen and oxygen atoms in total. The second-order valence-corrected chi connectivity index (χ2v) is 4.26. The summed E-state index contributed by atoms with van der Waals surface area (Å²) >= 11 is 0. The zero-order valence-electron chi connectivity index (χ0n) is 10.4. The number of halogens is 2. The highest BCUT2D eigenvalue weighted by Gasteiger charge is 2.16. The Morgan fingerprint density at radius 1 is 1.18 bits per heavy atom. The van der Waals surface area contributed by atoms with Crippen LogP contribution in [0.2, 0.25) is 0 Å². The predicted molar refractivity (Wildman–Crippen MR) is 64.2 cm³/mol. The maximum Gasteiger partial charge on any atom is 0.165 e. The fourth-order valence-electron chi connectivity index (χ4n) is 1.85. The summed E-state index contributed by atoms with van der Waals surface area (Å²) in [6.45, 7) is 3.29. The lowest BCUT2D eigenvalue weighted by molar-refractivity contribution is 0.100. The van der Waals surface area contributed by atoms with Crippen LogP contribution in [-0.4, -0.2) is 5.78 Å². The Labute approximate surface area is 101 Å². The van der Waals surface area contributed by atoms with E-state index in [0.29, 0.717) is 12.0 Å². The highest BCUT2D eigenvalue weighted by Crippen LogP contribution is 2.19. The second-order valence-electron chi connectivity index (χ2n) is 4.26. The summed E-state index contributed by atoms with van der Waals surface area (Å²) in [5, 5.41) is 0. The van der Waals surface area contributed by atoms with Gasteiger partial charge in [0.25, 0.3) is 0 Å². The first-order valence-electron chi connectivity index (χ1n) is 6.05. The van der Waals surface area contributed by atoms with Crippen molar-refractivity contribution < 1.29 is 13.6 Å². The van der Waals surface area contributed by atoms with Gasteiger partial charge in [-0.2, -0.15) is 0 Å². The Morgan fingerprint density at radius 3 is 2.47 bits per heavy atom. The Bertz CT molecular complexity index is 399. The maximum atomic E-state index is 13.8. The van der Waals surface area contributed by atoms with Crippen LogP contribution in [0.25, 0.3) is 0 Å². The molecule has 1 rings (SSSR count). The lowest BCUT2D eigenvalue weighted by Crippen LogP contribution is -2.05. The van der Waals surface area contributed by atoms with Crippen molar-refractivity contribution in [2.75, 3.05) is 0 Å². The van der Waals surface area contributed by atoms with Crippen molar-refractivity contribution in [3.8, 4) is 0 Å². The molecule has 94 valence electrons. The SMILES string of the molecule is CCCCCCc1ccc(F)c(C(C)=O)c1F. The van der Waals surface area contributed by atoms with E-state index in [9.17, 15) is 13.6 Å². The Balaban J connectivity index is 2.80. The van der Waals surface area contributed by atoms with Gasteiger partial charge in [-0.25, -0.2) is 8.78 Å². The van der Waals surface area contributed by atoms with E-state index in [-0.39, 0.29) is 0 Å². The zero-order valence-corrected chi connectivity index (χ0v) is 10.4. The molecule has 0 aliphatic rings. The van der Waals surface area contributed by atoms with Crippen LogP contribution in [-0.2, 0) is 6.42 Å². The van der Waals surface area contributed by atoms with Crippen molar-refractivity contribution in [1.82, 2.24) is 0 Å². The third-order valence-electron chi connectivity index (χ3n) is 2.82. The van der Waals surface area contributed by atoms with Crippen molar-refractivity contribution in [3.05, 3.63) is 34.9 Å². The molecule has 3 heteroatoms. The van der Waals surface area contributed by atoms with Crippen molar-refractivity contribution in [2.24, 2.45) is 0 Å². The van der Waals surface area contributed by atoms with Gasteiger partial charge in [0.15, 0.2) is 5.78 Å². The van der Waals surface area contributed by atoms with E-state index in [1.54, 1.807) is 0 Å². The fourth-order valence-corrected chi connectivity index (χ4v) is 1.85. The highest BCUT2D eigenvalue weighted by atomic mass is 19.1. The minimum Gasteiger partial charge on any atom is -0.294 e. The van der Waals surface area contributed by atoms with Crippen LogP contribution in [0.15, 0.2) is 12.1 Å². The predicted octanol–water partition coefficient (Wildman–Crippen LogP) is 4.29. The third-order valence-corrected chi connectivity index (χ3v) is 2.82. The molecule has 17 heavy (non-hydrogen) atoms. The average molecular weight is 240 g/mol. The van der Waals surface area contributed by atoms with E-state index in [2.05, 4.69) is 6.92 Å². The minimum absolute atomic E-state index is 0.405. The first-order valence-corrected chi connectivity index (χ1v) is 6.05. The number of rotatable bonds is 6. The zero-order chi connectivity index (χ0) is 12.8. The number of unbranched alkanes of at least 4 members (excludes halogenated alkanes) is 3. The van der Waals surface area contributed by atoms with E-state index < -0.39 is 23.0 Å². The van der Waals surface area contributed by atoms with Crippen LogP contribution in [0, 0.1) is 11.6 Å². The number of carbonyl (C=O) groups is 1. The summed E-state index contributed by atoms with van der Waals surface area (Å²) in [6, 6.07) is 2.61. The van der Waals surface area contributed by atoms with Crippen LogP contribution < -0.4 is 0 Å². The van der Waals surface area contributed by atoms with Gasteiger partial charge in [0.2, 0.25) is 0 Å². The molecule has 0 aliphatic carbocycles. The molecule has 0 heterocycles. The number of carbonyl (C=O) groups excluding carboxylic acids is 1. The van der Waals surface area contributed by atoms with Gasteiger partial charge in [-0.3, -0.25) is 4.79 Å². The normalized spacial score (nSPS) is 10.6. The summed E-state index contributed by atoms with van der Waals surface area (Å²) < 4.78 is 27.1. The Morgan fingerprint density at radius 2 is 1.88 bits per heavy atom. The molecule has 1 aromatic carbocycles. The maximum absolute atomic E-state index is 13.8. The van der Waals surface area contributed by atoms with E-state index in [1.165, 1.54) is 19.1 Å². The van der Waals surface area contributed by atoms with Crippen molar-refractivity contribution in [1.29, 1.82) is 0 Å². The molecule has 0 atom stereocenters. The number of hydrogen-bond acceptors (Lipinski definition) is 1.